The van der Waals surface area contributed by atoms with E-state index in [0.717, 1.165) is 11.3 Å². The van der Waals surface area contributed by atoms with Gasteiger partial charge in [-0.25, -0.2) is 4.39 Å². The Kier molecular flexibility index (Phi) is 6.03. The molecule has 0 bridgehead atoms. The van der Waals surface area contributed by atoms with Gasteiger partial charge < -0.3 is 10.1 Å². The number of carbonyl (C=O) groups is 1. The highest BCUT2D eigenvalue weighted by atomic mass is 32.1. The van der Waals surface area contributed by atoms with Gasteiger partial charge in [0.25, 0.3) is 0 Å². The molecular weight excluding hydrogens is 327 g/mol. The molecule has 124 valence electrons. The summed E-state index contributed by atoms with van der Waals surface area (Å²) in [6, 6.07) is 11.9. The van der Waals surface area contributed by atoms with Crippen LogP contribution in [0.25, 0.3) is 6.08 Å². The summed E-state index contributed by atoms with van der Waals surface area (Å²) in [5, 5.41) is 5.37. The Morgan fingerprint density at radius 3 is 2.54 bits per heavy atom. The number of thiocarbonyl (C=S) groups is 1. The summed E-state index contributed by atoms with van der Waals surface area (Å²) in [6.07, 6.45) is 3.02. The van der Waals surface area contributed by atoms with Crippen molar-refractivity contribution in [3.05, 3.63) is 65.5 Å². The number of rotatable bonds is 4. The molecule has 2 aromatic carbocycles. The molecule has 6 heteroatoms. The highest BCUT2D eigenvalue weighted by molar-refractivity contribution is 7.80. The number of hydrogen-bond acceptors (Lipinski definition) is 3. The van der Waals surface area contributed by atoms with Crippen molar-refractivity contribution in [1.29, 1.82) is 0 Å². The Hall–Kier alpha value is -2.73. The second-order valence-electron chi connectivity index (χ2n) is 5.01. The van der Waals surface area contributed by atoms with Gasteiger partial charge in [0.05, 0.1) is 7.11 Å². The average Bonchev–Trinajstić information content (AvgIpc) is 2.56. The fourth-order valence-corrected chi connectivity index (χ4v) is 2.09. The maximum Gasteiger partial charge on any atom is 0.250 e. The van der Waals surface area contributed by atoms with Gasteiger partial charge in [-0.3, -0.25) is 10.1 Å². The Morgan fingerprint density at radius 1 is 1.21 bits per heavy atom. The number of nitrogens with one attached hydrogen (secondary N) is 2. The molecule has 0 fully saturated rings. The summed E-state index contributed by atoms with van der Waals surface area (Å²) in [5.74, 6) is 0.0248. The van der Waals surface area contributed by atoms with Crippen molar-refractivity contribution in [2.45, 2.75) is 6.92 Å². The Labute approximate surface area is 145 Å². The van der Waals surface area contributed by atoms with Gasteiger partial charge in [-0.2, -0.15) is 0 Å². The van der Waals surface area contributed by atoms with E-state index in [4.69, 9.17) is 17.0 Å². The van der Waals surface area contributed by atoms with Crippen LogP contribution in [0.1, 0.15) is 11.1 Å². The largest absolute Gasteiger partial charge is 0.497 e. The molecule has 1 amide bonds. The third-order valence-electron chi connectivity index (χ3n) is 3.21. The fourth-order valence-electron chi connectivity index (χ4n) is 1.87. The molecule has 0 aliphatic rings. The summed E-state index contributed by atoms with van der Waals surface area (Å²) in [6.45, 7) is 1.67. The van der Waals surface area contributed by atoms with Crippen molar-refractivity contribution in [2.24, 2.45) is 0 Å². The number of aryl methyl sites for hydroxylation is 1. The average molecular weight is 344 g/mol. The lowest BCUT2D eigenvalue weighted by Crippen LogP contribution is -2.32. The molecule has 0 saturated heterocycles. The van der Waals surface area contributed by atoms with Gasteiger partial charge in [0, 0.05) is 11.8 Å². The molecule has 0 radical (unpaired) electrons. The Balaban J connectivity index is 1.89. The number of benzene rings is 2. The molecule has 0 heterocycles. The van der Waals surface area contributed by atoms with E-state index in [1.807, 2.05) is 12.1 Å². The predicted octanol–water partition coefficient (Wildman–Crippen LogP) is 3.67. The monoisotopic (exact) mass is 344 g/mol. The van der Waals surface area contributed by atoms with E-state index in [9.17, 15) is 9.18 Å². The van der Waals surface area contributed by atoms with E-state index in [0.29, 0.717) is 11.3 Å². The highest BCUT2D eigenvalue weighted by Gasteiger charge is 2.04. The zero-order chi connectivity index (χ0) is 17.5. The van der Waals surface area contributed by atoms with E-state index >= 15 is 0 Å². The number of amides is 1. The third-order valence-corrected chi connectivity index (χ3v) is 3.41. The van der Waals surface area contributed by atoms with Crippen LogP contribution >= 0.6 is 12.2 Å². The van der Waals surface area contributed by atoms with Gasteiger partial charge >= 0.3 is 0 Å². The molecule has 0 saturated carbocycles. The number of anilines is 1. The first-order valence-corrected chi connectivity index (χ1v) is 7.59. The summed E-state index contributed by atoms with van der Waals surface area (Å²) < 4.78 is 18.5. The summed E-state index contributed by atoms with van der Waals surface area (Å²) in [4.78, 5) is 11.8. The Bertz CT molecular complexity index is 773. The molecule has 2 rings (SSSR count). The zero-order valence-electron chi connectivity index (χ0n) is 13.3. The number of methoxy groups -OCH3 is 1. The van der Waals surface area contributed by atoms with Gasteiger partial charge in [-0.15, -0.1) is 0 Å². The summed E-state index contributed by atoms with van der Waals surface area (Å²) >= 11 is 5.04. The molecule has 2 aromatic rings. The van der Waals surface area contributed by atoms with Crippen molar-refractivity contribution >= 4 is 35.0 Å². The molecule has 2 N–H and O–H groups in total. The molecule has 0 aromatic heterocycles. The number of carbonyl (C=O) groups excluding carboxylic acids is 1. The third kappa shape index (κ3) is 5.17. The topological polar surface area (TPSA) is 50.4 Å². The lowest BCUT2D eigenvalue weighted by molar-refractivity contribution is -0.115. The normalized spacial score (nSPS) is 10.5. The van der Waals surface area contributed by atoms with Crippen LogP contribution < -0.4 is 15.4 Å². The van der Waals surface area contributed by atoms with E-state index in [2.05, 4.69) is 10.6 Å². The lowest BCUT2D eigenvalue weighted by atomic mass is 10.2. The summed E-state index contributed by atoms with van der Waals surface area (Å²) in [5.41, 5.74) is 1.87. The molecule has 0 aliphatic heterocycles. The lowest BCUT2D eigenvalue weighted by Gasteiger charge is -2.08. The van der Waals surface area contributed by atoms with E-state index in [-0.39, 0.29) is 16.8 Å². The quantitative estimate of drug-likeness (QED) is 0.656. The molecular formula is C18H17FN2O2S. The smallest absolute Gasteiger partial charge is 0.250 e. The maximum atomic E-state index is 13.5. The van der Waals surface area contributed by atoms with Gasteiger partial charge in [0.15, 0.2) is 5.11 Å². The molecule has 0 spiro atoms. The second-order valence-corrected chi connectivity index (χ2v) is 5.42. The van der Waals surface area contributed by atoms with Gasteiger partial charge in [0.1, 0.15) is 11.6 Å². The van der Waals surface area contributed by atoms with Crippen LogP contribution in [-0.4, -0.2) is 18.1 Å². The SMILES string of the molecule is COc1ccc(C=CC(=O)NC(=S)Nc2ccc(C)c(F)c2)cc1. The molecule has 4 nitrogen and oxygen atoms in total. The van der Waals surface area contributed by atoms with Crippen molar-refractivity contribution in [3.63, 3.8) is 0 Å². The van der Waals surface area contributed by atoms with Gasteiger partial charge in [-0.1, -0.05) is 18.2 Å². The van der Waals surface area contributed by atoms with Crippen LogP contribution in [0.3, 0.4) is 0 Å². The predicted molar refractivity (Wildman–Crippen MR) is 97.5 cm³/mol. The van der Waals surface area contributed by atoms with Crippen LogP contribution in [0, 0.1) is 12.7 Å². The van der Waals surface area contributed by atoms with E-state index in [1.165, 1.54) is 12.1 Å². The zero-order valence-corrected chi connectivity index (χ0v) is 14.1. The number of hydrogen-bond donors (Lipinski definition) is 2. The minimum atomic E-state index is -0.379. The number of ether oxygens (including phenoxy) is 1. The van der Waals surface area contributed by atoms with Crippen LogP contribution in [0.15, 0.2) is 48.5 Å². The van der Waals surface area contributed by atoms with Crippen molar-refractivity contribution in [2.75, 3.05) is 12.4 Å². The van der Waals surface area contributed by atoms with Crippen LogP contribution in [0.4, 0.5) is 10.1 Å². The first kappa shape index (κ1) is 17.6. The van der Waals surface area contributed by atoms with Gasteiger partial charge in [-0.05, 0) is 60.6 Å². The van der Waals surface area contributed by atoms with Gasteiger partial charge in [0.2, 0.25) is 5.91 Å². The van der Waals surface area contributed by atoms with Crippen LogP contribution in [-0.2, 0) is 4.79 Å². The number of halogens is 1. The van der Waals surface area contributed by atoms with Crippen LogP contribution in [0.2, 0.25) is 0 Å². The maximum absolute atomic E-state index is 13.5. The van der Waals surface area contributed by atoms with E-state index < -0.39 is 0 Å². The standard InChI is InChI=1S/C18H17FN2O2S/c1-12-3-7-14(11-16(12)19)20-18(24)21-17(22)10-6-13-4-8-15(23-2)9-5-13/h3-11H,1-2H3,(H2,20,21,22,24). The van der Waals surface area contributed by atoms with Crippen LogP contribution in [0.5, 0.6) is 5.75 Å². The highest BCUT2D eigenvalue weighted by Crippen LogP contribution is 2.14. The Morgan fingerprint density at radius 2 is 1.92 bits per heavy atom. The molecule has 0 atom stereocenters. The van der Waals surface area contributed by atoms with Crippen molar-refractivity contribution < 1.29 is 13.9 Å². The van der Waals surface area contributed by atoms with Crippen molar-refractivity contribution in [3.8, 4) is 5.75 Å². The summed E-state index contributed by atoms with van der Waals surface area (Å²) in [7, 11) is 1.59. The first-order chi connectivity index (χ1) is 11.5. The molecule has 24 heavy (non-hydrogen) atoms. The molecule has 0 unspecified atom stereocenters. The van der Waals surface area contributed by atoms with Crippen molar-refractivity contribution in [1.82, 2.24) is 5.32 Å². The minimum Gasteiger partial charge on any atom is -0.497 e. The minimum absolute atomic E-state index is 0.0997. The van der Waals surface area contributed by atoms with E-state index in [1.54, 1.807) is 44.4 Å². The molecule has 0 aliphatic carbocycles. The fraction of sp³-hybridized carbons (Fsp3) is 0.111. The second kappa shape index (κ2) is 8.21. The first-order valence-electron chi connectivity index (χ1n) is 7.18.